The van der Waals surface area contributed by atoms with Crippen molar-refractivity contribution in [2.75, 3.05) is 11.9 Å². The van der Waals surface area contributed by atoms with E-state index in [1.807, 2.05) is 32.0 Å². The van der Waals surface area contributed by atoms with Crippen molar-refractivity contribution in [1.29, 1.82) is 0 Å². The molecule has 2 heterocycles. The molecule has 0 saturated heterocycles. The minimum atomic E-state index is -0.543. The summed E-state index contributed by atoms with van der Waals surface area (Å²) >= 11 is 0. The number of H-pyrrole nitrogens is 1. The number of hydrogen-bond donors (Lipinski definition) is 3. The lowest BCUT2D eigenvalue weighted by atomic mass is 10.2. The summed E-state index contributed by atoms with van der Waals surface area (Å²) in [6, 6.07) is 10.1. The highest BCUT2D eigenvalue weighted by atomic mass is 19.1. The number of anilines is 2. The lowest BCUT2D eigenvalue weighted by molar-refractivity contribution is -0.123. The van der Waals surface area contributed by atoms with Gasteiger partial charge >= 0.3 is 0 Å². The van der Waals surface area contributed by atoms with Crippen molar-refractivity contribution in [1.82, 2.24) is 30.3 Å². The fraction of sp³-hybridized carbons (Fsp3) is 0.238. The highest BCUT2D eigenvalue weighted by Gasteiger charge is 2.15. The number of halogens is 1. The fourth-order valence-electron chi connectivity index (χ4n) is 3.04. The van der Waals surface area contributed by atoms with Crippen LogP contribution in [0.5, 0.6) is 5.75 Å². The Kier molecular flexibility index (Phi) is 5.52. The number of hydrogen-bond acceptors (Lipinski definition) is 6. The first-order chi connectivity index (χ1) is 14.9. The van der Waals surface area contributed by atoms with E-state index >= 15 is 0 Å². The zero-order chi connectivity index (χ0) is 22.0. The monoisotopic (exact) mass is 423 g/mol. The molecular weight excluding hydrogens is 401 g/mol. The number of amides is 1. The van der Waals surface area contributed by atoms with Gasteiger partial charge in [0.1, 0.15) is 11.6 Å². The molecule has 0 saturated carbocycles. The molecule has 0 fully saturated rings. The maximum absolute atomic E-state index is 14.7. The van der Waals surface area contributed by atoms with Crippen LogP contribution in [0.2, 0.25) is 0 Å². The molecule has 0 radical (unpaired) electrons. The van der Waals surface area contributed by atoms with Crippen molar-refractivity contribution in [2.45, 2.75) is 19.9 Å². The molecule has 0 bridgehead atoms. The third-order valence-electron chi connectivity index (χ3n) is 4.46. The Morgan fingerprint density at radius 3 is 2.87 bits per heavy atom. The Morgan fingerprint density at radius 1 is 1.26 bits per heavy atom. The van der Waals surface area contributed by atoms with Gasteiger partial charge in [-0.2, -0.15) is 10.1 Å². The first-order valence-corrected chi connectivity index (χ1v) is 9.72. The second-order valence-electron chi connectivity index (χ2n) is 7.33. The van der Waals surface area contributed by atoms with Crippen LogP contribution in [0, 0.1) is 5.82 Å². The smallest absolute Gasteiger partial charge is 0.258 e. The van der Waals surface area contributed by atoms with Gasteiger partial charge in [-0.15, -0.1) is 5.10 Å². The first kappa shape index (κ1) is 20.3. The number of aromatic nitrogens is 5. The second kappa shape index (κ2) is 8.42. The Balaban J connectivity index is 1.48. The normalized spacial score (nSPS) is 11.1. The number of aryl methyl sites for hydroxylation is 1. The molecule has 0 aliphatic rings. The summed E-state index contributed by atoms with van der Waals surface area (Å²) < 4.78 is 21.6. The van der Waals surface area contributed by atoms with Crippen LogP contribution in [0.15, 0.2) is 42.6 Å². The average molecular weight is 423 g/mol. The van der Waals surface area contributed by atoms with Crippen LogP contribution < -0.4 is 15.4 Å². The van der Waals surface area contributed by atoms with Gasteiger partial charge in [-0.05, 0) is 44.2 Å². The van der Waals surface area contributed by atoms with Gasteiger partial charge in [0.05, 0.1) is 17.3 Å². The van der Waals surface area contributed by atoms with Crippen molar-refractivity contribution in [2.24, 2.45) is 7.05 Å². The van der Waals surface area contributed by atoms with E-state index in [0.717, 1.165) is 16.6 Å². The van der Waals surface area contributed by atoms with Gasteiger partial charge < -0.3 is 15.4 Å². The summed E-state index contributed by atoms with van der Waals surface area (Å²) in [6.45, 7) is 3.52. The van der Waals surface area contributed by atoms with E-state index in [1.54, 1.807) is 19.3 Å². The Labute approximate surface area is 177 Å². The summed E-state index contributed by atoms with van der Waals surface area (Å²) in [5.74, 6) is 0.135. The highest BCUT2D eigenvalue weighted by molar-refractivity contribution is 5.82. The molecule has 0 unspecified atom stereocenters. The molecule has 0 spiro atoms. The predicted octanol–water partition coefficient (Wildman–Crippen LogP) is 3.14. The number of ether oxygens (including phenoxy) is 1. The summed E-state index contributed by atoms with van der Waals surface area (Å²) in [6.07, 6.45) is 1.73. The zero-order valence-electron chi connectivity index (χ0n) is 17.3. The van der Waals surface area contributed by atoms with Crippen molar-refractivity contribution in [3.05, 3.63) is 48.4 Å². The minimum absolute atomic E-state index is 0.00912. The first-order valence-electron chi connectivity index (χ1n) is 9.72. The van der Waals surface area contributed by atoms with Crippen LogP contribution in [0.3, 0.4) is 0 Å². The number of nitrogens with one attached hydrogen (secondary N) is 3. The van der Waals surface area contributed by atoms with Crippen LogP contribution in [-0.2, 0) is 11.8 Å². The Bertz CT molecular complexity index is 1230. The predicted molar refractivity (Wildman–Crippen MR) is 115 cm³/mol. The molecule has 2 aromatic heterocycles. The van der Waals surface area contributed by atoms with Crippen LogP contribution in [0.4, 0.5) is 16.0 Å². The maximum Gasteiger partial charge on any atom is 0.258 e. The number of nitrogens with zero attached hydrogens (tertiary/aromatic N) is 4. The molecule has 0 aliphatic carbocycles. The third-order valence-corrected chi connectivity index (χ3v) is 4.46. The van der Waals surface area contributed by atoms with Crippen molar-refractivity contribution in [3.63, 3.8) is 0 Å². The molecule has 3 N–H and O–H groups in total. The molecule has 9 nitrogen and oxygen atoms in total. The van der Waals surface area contributed by atoms with Gasteiger partial charge in [0, 0.05) is 30.2 Å². The van der Waals surface area contributed by atoms with Crippen LogP contribution >= 0.6 is 0 Å². The topological polar surface area (TPSA) is 110 Å². The highest BCUT2D eigenvalue weighted by Crippen LogP contribution is 2.26. The number of benzene rings is 2. The van der Waals surface area contributed by atoms with Crippen LogP contribution in [0.1, 0.15) is 13.8 Å². The van der Waals surface area contributed by atoms with Gasteiger partial charge in [-0.3, -0.25) is 9.89 Å². The molecule has 4 rings (SSSR count). The molecule has 4 aromatic rings. The lowest BCUT2D eigenvalue weighted by Crippen LogP contribution is -2.34. The van der Waals surface area contributed by atoms with E-state index in [-0.39, 0.29) is 35.7 Å². The standard InChI is InChI=1S/C21H22FN7O2/c1-12(2)24-19(30)11-31-15-5-6-16(17(22)9-15)20-26-21(29(3)28-20)25-14-4-7-18-13(8-14)10-23-27-18/h4-10,12H,11H2,1-3H3,(H,23,27)(H,24,30)(H,25,26,28). The molecule has 1 amide bonds. The SMILES string of the molecule is CC(C)NC(=O)COc1ccc(-c2nc(Nc3ccc4[nH]ncc4c3)n(C)n2)c(F)c1. The Hall–Kier alpha value is -3.95. The van der Waals surface area contributed by atoms with E-state index in [4.69, 9.17) is 4.74 Å². The molecule has 0 aliphatic heterocycles. The van der Waals surface area contributed by atoms with Crippen LogP contribution in [-0.4, -0.2) is 43.5 Å². The largest absolute Gasteiger partial charge is 0.484 e. The minimum Gasteiger partial charge on any atom is -0.484 e. The van der Waals surface area contributed by atoms with Crippen molar-refractivity contribution >= 4 is 28.4 Å². The van der Waals surface area contributed by atoms with E-state index in [0.29, 0.717) is 5.95 Å². The number of carbonyl (C=O) groups is 1. The second-order valence-corrected chi connectivity index (χ2v) is 7.33. The summed E-state index contributed by atoms with van der Waals surface area (Å²) in [4.78, 5) is 16.1. The number of aromatic amines is 1. The number of carbonyl (C=O) groups excluding carboxylic acids is 1. The molecular formula is C21H22FN7O2. The number of rotatable bonds is 7. The quantitative estimate of drug-likeness (QED) is 0.421. The van der Waals surface area contributed by atoms with Gasteiger partial charge in [-0.25, -0.2) is 9.07 Å². The van der Waals surface area contributed by atoms with E-state index < -0.39 is 5.82 Å². The van der Waals surface area contributed by atoms with Gasteiger partial charge in [-0.1, -0.05) is 0 Å². The zero-order valence-corrected chi connectivity index (χ0v) is 17.3. The van der Waals surface area contributed by atoms with Crippen molar-refractivity contribution < 1.29 is 13.9 Å². The molecule has 31 heavy (non-hydrogen) atoms. The van der Waals surface area contributed by atoms with Gasteiger partial charge in [0.25, 0.3) is 5.91 Å². The number of fused-ring (bicyclic) bond motifs is 1. The summed E-state index contributed by atoms with van der Waals surface area (Å²) in [5.41, 5.74) is 1.96. The van der Waals surface area contributed by atoms with E-state index in [9.17, 15) is 9.18 Å². The molecule has 2 aromatic carbocycles. The van der Waals surface area contributed by atoms with Crippen LogP contribution in [0.25, 0.3) is 22.3 Å². The Morgan fingerprint density at radius 2 is 2.10 bits per heavy atom. The van der Waals surface area contributed by atoms with Crippen molar-refractivity contribution in [3.8, 4) is 17.1 Å². The van der Waals surface area contributed by atoms with Gasteiger partial charge in [0.2, 0.25) is 5.95 Å². The fourth-order valence-corrected chi connectivity index (χ4v) is 3.04. The summed E-state index contributed by atoms with van der Waals surface area (Å²) in [7, 11) is 1.72. The lowest BCUT2D eigenvalue weighted by Gasteiger charge is -2.10. The maximum atomic E-state index is 14.7. The molecule has 0 atom stereocenters. The molecule has 160 valence electrons. The van der Waals surface area contributed by atoms with Gasteiger partial charge in [0.15, 0.2) is 12.4 Å². The van der Waals surface area contributed by atoms with E-state index in [2.05, 4.69) is 30.9 Å². The third kappa shape index (κ3) is 4.63. The average Bonchev–Trinajstić information content (AvgIpc) is 3.32. The summed E-state index contributed by atoms with van der Waals surface area (Å²) in [5, 5.41) is 18.0. The molecule has 10 heteroatoms. The van der Waals surface area contributed by atoms with E-state index in [1.165, 1.54) is 16.8 Å².